The van der Waals surface area contributed by atoms with Gasteiger partial charge < -0.3 is 9.88 Å². The van der Waals surface area contributed by atoms with Crippen molar-refractivity contribution in [3.63, 3.8) is 0 Å². The molecule has 2 heterocycles. The normalized spacial score (nSPS) is 15.1. The number of carbonyl (C=O) groups is 1. The predicted octanol–water partition coefficient (Wildman–Crippen LogP) is 1.81. The molecule has 0 radical (unpaired) electrons. The topological polar surface area (TPSA) is 94.7 Å². The quantitative estimate of drug-likeness (QED) is 0.743. The molecule has 1 saturated carbocycles. The number of fused-ring (bicyclic) bond motifs is 1. The molecule has 2 aromatic heterocycles. The highest BCUT2D eigenvalue weighted by Crippen LogP contribution is 2.28. The molecular formula is C19H22N6O2. The summed E-state index contributed by atoms with van der Waals surface area (Å²) in [5, 5.41) is 11.5. The fourth-order valence-corrected chi connectivity index (χ4v) is 3.66. The van der Waals surface area contributed by atoms with Crippen LogP contribution in [0.15, 0.2) is 41.7 Å². The van der Waals surface area contributed by atoms with Gasteiger partial charge in [-0.25, -0.2) is 4.98 Å². The number of hydrogen-bond acceptors (Lipinski definition) is 5. The number of benzene rings is 1. The minimum atomic E-state index is -0.257. The number of rotatable bonds is 5. The van der Waals surface area contributed by atoms with E-state index in [1.54, 1.807) is 24.5 Å². The average molecular weight is 366 g/mol. The van der Waals surface area contributed by atoms with Crippen molar-refractivity contribution in [2.75, 3.05) is 0 Å². The minimum absolute atomic E-state index is 0.0752. The Balaban J connectivity index is 1.42. The number of aromatic nitrogens is 5. The van der Waals surface area contributed by atoms with E-state index in [2.05, 4.69) is 25.1 Å². The van der Waals surface area contributed by atoms with E-state index >= 15 is 0 Å². The molecule has 8 heteroatoms. The van der Waals surface area contributed by atoms with Gasteiger partial charge in [0.1, 0.15) is 12.9 Å². The second-order valence-electron chi connectivity index (χ2n) is 6.92. The van der Waals surface area contributed by atoms with Crippen LogP contribution in [0.3, 0.4) is 0 Å². The fraction of sp³-hybridized carbons (Fsp3) is 0.421. The molecule has 0 aliphatic heterocycles. The first-order valence-corrected chi connectivity index (χ1v) is 9.31. The Kier molecular flexibility index (Phi) is 4.95. The van der Waals surface area contributed by atoms with Crippen LogP contribution in [-0.2, 0) is 17.9 Å². The van der Waals surface area contributed by atoms with Gasteiger partial charge in [-0.05, 0) is 25.0 Å². The van der Waals surface area contributed by atoms with Crippen LogP contribution in [0, 0.1) is 0 Å². The predicted molar refractivity (Wildman–Crippen MR) is 100.0 cm³/mol. The van der Waals surface area contributed by atoms with Gasteiger partial charge in [0, 0.05) is 6.04 Å². The van der Waals surface area contributed by atoms with Crippen molar-refractivity contribution in [3.05, 3.63) is 53.1 Å². The molecule has 0 spiro atoms. The van der Waals surface area contributed by atoms with Crippen LogP contribution in [0.4, 0.5) is 0 Å². The van der Waals surface area contributed by atoms with Crippen molar-refractivity contribution in [3.8, 4) is 0 Å². The molecule has 0 saturated heterocycles. The summed E-state index contributed by atoms with van der Waals surface area (Å²) in [6, 6.07) is 7.51. The van der Waals surface area contributed by atoms with Gasteiger partial charge in [0.05, 0.1) is 23.8 Å². The van der Waals surface area contributed by atoms with Crippen LogP contribution in [0.5, 0.6) is 0 Å². The van der Waals surface area contributed by atoms with Crippen molar-refractivity contribution >= 4 is 16.8 Å². The molecule has 140 valence electrons. The number of nitrogens with one attached hydrogen (secondary N) is 1. The summed E-state index contributed by atoms with van der Waals surface area (Å²) in [7, 11) is 0. The summed E-state index contributed by atoms with van der Waals surface area (Å²) in [4.78, 5) is 29.0. The Morgan fingerprint density at radius 3 is 2.81 bits per heavy atom. The van der Waals surface area contributed by atoms with Crippen LogP contribution in [-0.4, -0.2) is 30.2 Å². The minimum Gasteiger partial charge on any atom is -0.347 e. The number of para-hydroxylation sites is 1. The van der Waals surface area contributed by atoms with Gasteiger partial charge in [0.15, 0.2) is 5.82 Å². The van der Waals surface area contributed by atoms with E-state index < -0.39 is 0 Å². The smallest absolute Gasteiger partial charge is 0.261 e. The largest absolute Gasteiger partial charge is 0.347 e. The zero-order chi connectivity index (χ0) is 18.6. The lowest BCUT2D eigenvalue weighted by Crippen LogP contribution is -2.33. The van der Waals surface area contributed by atoms with Gasteiger partial charge in [-0.2, -0.15) is 0 Å². The highest BCUT2D eigenvalue weighted by molar-refractivity contribution is 5.78. The molecule has 0 atom stereocenters. The molecule has 4 rings (SSSR count). The summed E-state index contributed by atoms with van der Waals surface area (Å²) in [6.45, 7) is 0.222. The van der Waals surface area contributed by atoms with Crippen molar-refractivity contribution in [1.29, 1.82) is 0 Å². The first-order valence-electron chi connectivity index (χ1n) is 9.31. The summed E-state index contributed by atoms with van der Waals surface area (Å²) >= 11 is 0. The first kappa shape index (κ1) is 17.4. The van der Waals surface area contributed by atoms with Gasteiger partial charge >= 0.3 is 0 Å². The lowest BCUT2D eigenvalue weighted by atomic mass is 9.95. The van der Waals surface area contributed by atoms with Crippen LogP contribution >= 0.6 is 0 Å². The van der Waals surface area contributed by atoms with Gasteiger partial charge in [0.25, 0.3) is 5.56 Å². The van der Waals surface area contributed by atoms with Crippen molar-refractivity contribution in [2.24, 2.45) is 0 Å². The van der Waals surface area contributed by atoms with E-state index in [0.717, 1.165) is 18.7 Å². The number of hydrogen-bond donors (Lipinski definition) is 1. The standard InChI is InChI=1S/C19H22N6O2/c26-18(11-24-12-21-16-9-5-4-8-15(16)19(24)27)20-10-17-23-22-13-25(17)14-6-2-1-3-7-14/h4-5,8-9,12-14H,1-3,6-7,10-11H2,(H,20,26). The van der Waals surface area contributed by atoms with Crippen LogP contribution in [0.1, 0.15) is 44.0 Å². The first-order chi connectivity index (χ1) is 13.2. The Morgan fingerprint density at radius 1 is 1.15 bits per heavy atom. The maximum Gasteiger partial charge on any atom is 0.261 e. The fourth-order valence-electron chi connectivity index (χ4n) is 3.66. The lowest BCUT2D eigenvalue weighted by Gasteiger charge is -2.24. The summed E-state index contributed by atoms with van der Waals surface area (Å²) in [5.41, 5.74) is 0.404. The van der Waals surface area contributed by atoms with Gasteiger partial charge in [-0.3, -0.25) is 14.2 Å². The van der Waals surface area contributed by atoms with E-state index in [1.807, 2.05) is 6.07 Å². The third-order valence-corrected chi connectivity index (χ3v) is 5.10. The lowest BCUT2D eigenvalue weighted by molar-refractivity contribution is -0.121. The van der Waals surface area contributed by atoms with Gasteiger partial charge in [-0.1, -0.05) is 31.4 Å². The molecule has 1 aliphatic carbocycles. The molecule has 1 amide bonds. The summed E-state index contributed by atoms with van der Waals surface area (Å²) in [6.07, 6.45) is 9.11. The molecule has 3 aromatic rings. The molecule has 8 nitrogen and oxygen atoms in total. The zero-order valence-electron chi connectivity index (χ0n) is 15.0. The third kappa shape index (κ3) is 3.74. The monoisotopic (exact) mass is 366 g/mol. The Hall–Kier alpha value is -3.03. The number of amides is 1. The van der Waals surface area contributed by atoms with Crippen molar-refractivity contribution < 1.29 is 4.79 Å². The third-order valence-electron chi connectivity index (χ3n) is 5.10. The molecule has 1 aliphatic rings. The van der Waals surface area contributed by atoms with E-state index in [1.165, 1.54) is 30.2 Å². The average Bonchev–Trinajstić information content (AvgIpc) is 3.18. The Bertz CT molecular complexity index is 1000. The van der Waals surface area contributed by atoms with Crippen molar-refractivity contribution in [2.45, 2.75) is 51.2 Å². The van der Waals surface area contributed by atoms with Gasteiger partial charge in [0.2, 0.25) is 5.91 Å². The Labute approximate surface area is 156 Å². The second kappa shape index (κ2) is 7.69. The highest BCUT2D eigenvalue weighted by Gasteiger charge is 2.18. The maximum atomic E-state index is 12.5. The van der Waals surface area contributed by atoms with Crippen LogP contribution in [0.25, 0.3) is 10.9 Å². The van der Waals surface area contributed by atoms with E-state index in [4.69, 9.17) is 0 Å². The summed E-state index contributed by atoms with van der Waals surface area (Å²) < 4.78 is 3.40. The number of carbonyl (C=O) groups excluding carboxylic acids is 1. The zero-order valence-corrected chi connectivity index (χ0v) is 15.0. The van der Waals surface area contributed by atoms with Gasteiger partial charge in [-0.15, -0.1) is 10.2 Å². The highest BCUT2D eigenvalue weighted by atomic mass is 16.2. The maximum absolute atomic E-state index is 12.5. The second-order valence-corrected chi connectivity index (χ2v) is 6.92. The van der Waals surface area contributed by atoms with Crippen LogP contribution in [0.2, 0.25) is 0 Å². The molecular weight excluding hydrogens is 344 g/mol. The van der Waals surface area contributed by atoms with Crippen LogP contribution < -0.4 is 10.9 Å². The SMILES string of the molecule is O=C(Cn1cnc2ccccc2c1=O)NCc1nncn1C1CCCCC1. The van der Waals surface area contributed by atoms with E-state index in [9.17, 15) is 9.59 Å². The van der Waals surface area contributed by atoms with E-state index in [-0.39, 0.29) is 18.0 Å². The number of nitrogens with zero attached hydrogens (tertiary/aromatic N) is 5. The summed E-state index contributed by atoms with van der Waals surface area (Å²) in [5.74, 6) is 0.492. The molecule has 1 aromatic carbocycles. The van der Waals surface area contributed by atoms with E-state index in [0.29, 0.717) is 23.5 Å². The molecule has 0 unspecified atom stereocenters. The molecule has 0 bridgehead atoms. The molecule has 1 N–H and O–H groups in total. The molecule has 1 fully saturated rings. The van der Waals surface area contributed by atoms with Crippen molar-refractivity contribution in [1.82, 2.24) is 29.6 Å². The molecule has 27 heavy (non-hydrogen) atoms. The Morgan fingerprint density at radius 2 is 1.96 bits per heavy atom.